The summed E-state index contributed by atoms with van der Waals surface area (Å²) < 4.78 is 1.90. The topological polar surface area (TPSA) is 30.2 Å². The van der Waals surface area contributed by atoms with Crippen LogP contribution in [0.2, 0.25) is 0 Å². The fourth-order valence-corrected chi connectivity index (χ4v) is 2.30. The lowest BCUT2D eigenvalue weighted by Gasteiger charge is -1.98. The van der Waals surface area contributed by atoms with Gasteiger partial charge < -0.3 is 0 Å². The van der Waals surface area contributed by atoms with Crippen molar-refractivity contribution in [1.82, 2.24) is 14.6 Å². The first-order valence-electron chi connectivity index (χ1n) is 6.22. The fraction of sp³-hybridized carbons (Fsp3) is 0. The van der Waals surface area contributed by atoms with Crippen molar-refractivity contribution >= 4 is 16.6 Å². The van der Waals surface area contributed by atoms with Crippen LogP contribution in [0.15, 0.2) is 66.7 Å². The molecule has 0 radical (unpaired) electrons. The van der Waals surface area contributed by atoms with Gasteiger partial charge in [-0.3, -0.25) is 0 Å². The third kappa shape index (κ3) is 1.59. The van der Waals surface area contributed by atoms with Crippen molar-refractivity contribution in [3.8, 4) is 11.4 Å². The van der Waals surface area contributed by atoms with E-state index in [0.717, 1.165) is 22.6 Å². The van der Waals surface area contributed by atoms with Crippen LogP contribution < -0.4 is 0 Å². The first-order chi connectivity index (χ1) is 9.42. The van der Waals surface area contributed by atoms with Crippen LogP contribution in [0, 0.1) is 0 Å². The van der Waals surface area contributed by atoms with E-state index in [2.05, 4.69) is 28.3 Å². The predicted octanol–water partition coefficient (Wildman–Crippen LogP) is 3.55. The molecule has 0 saturated heterocycles. The zero-order valence-electron chi connectivity index (χ0n) is 10.2. The van der Waals surface area contributed by atoms with Crippen molar-refractivity contribution in [3.05, 3.63) is 66.7 Å². The van der Waals surface area contributed by atoms with Crippen LogP contribution >= 0.6 is 0 Å². The van der Waals surface area contributed by atoms with Gasteiger partial charge in [0.1, 0.15) is 0 Å². The average molecular weight is 245 g/mol. The van der Waals surface area contributed by atoms with E-state index in [9.17, 15) is 0 Å². The molecule has 0 spiro atoms. The Balaban J connectivity index is 2.04. The summed E-state index contributed by atoms with van der Waals surface area (Å²) in [5.74, 6) is 0.761. The van der Waals surface area contributed by atoms with Crippen molar-refractivity contribution < 1.29 is 0 Å². The fourth-order valence-electron chi connectivity index (χ4n) is 2.30. The standard InChI is InChI=1S/C16H11N3/c1-2-7-13(8-3-1)16-17-15-11-10-12-6-4-5-9-14(12)19(15)18-16/h1-11H. The first kappa shape index (κ1) is 10.3. The lowest BCUT2D eigenvalue weighted by Crippen LogP contribution is -1.89. The van der Waals surface area contributed by atoms with Gasteiger partial charge in [0.05, 0.1) is 5.52 Å². The number of fused-ring (bicyclic) bond motifs is 3. The van der Waals surface area contributed by atoms with Gasteiger partial charge in [-0.2, -0.15) is 0 Å². The third-order valence-corrected chi connectivity index (χ3v) is 3.24. The molecule has 0 atom stereocenters. The number of nitrogens with zero attached hydrogens (tertiary/aromatic N) is 3. The summed E-state index contributed by atoms with van der Waals surface area (Å²) in [5.41, 5.74) is 2.99. The quantitative estimate of drug-likeness (QED) is 0.513. The molecule has 4 rings (SSSR count). The Morgan fingerprint density at radius 2 is 1.53 bits per heavy atom. The van der Waals surface area contributed by atoms with Crippen LogP contribution in [0.3, 0.4) is 0 Å². The van der Waals surface area contributed by atoms with Crippen molar-refractivity contribution in [3.63, 3.8) is 0 Å². The number of aromatic nitrogens is 3. The molecule has 3 nitrogen and oxygen atoms in total. The molecule has 2 aromatic carbocycles. The molecule has 3 heteroatoms. The maximum atomic E-state index is 4.62. The number of pyridine rings is 1. The van der Waals surface area contributed by atoms with E-state index < -0.39 is 0 Å². The van der Waals surface area contributed by atoms with E-state index >= 15 is 0 Å². The molecule has 0 amide bonds. The minimum Gasteiger partial charge on any atom is -0.213 e. The Bertz CT molecular complexity index is 863. The van der Waals surface area contributed by atoms with Gasteiger partial charge in [-0.05, 0) is 18.2 Å². The smallest absolute Gasteiger partial charge is 0.182 e. The van der Waals surface area contributed by atoms with Crippen LogP contribution in [0.5, 0.6) is 0 Å². The Labute approximate surface area is 110 Å². The van der Waals surface area contributed by atoms with E-state index in [1.165, 1.54) is 5.39 Å². The van der Waals surface area contributed by atoms with Crippen molar-refractivity contribution in [2.75, 3.05) is 0 Å². The molecule has 2 heterocycles. The zero-order chi connectivity index (χ0) is 12.7. The lowest BCUT2D eigenvalue weighted by atomic mass is 10.2. The minimum atomic E-state index is 0.761. The van der Waals surface area contributed by atoms with E-state index in [1.54, 1.807) is 0 Å². The predicted molar refractivity (Wildman–Crippen MR) is 75.9 cm³/mol. The Kier molecular flexibility index (Phi) is 2.12. The summed E-state index contributed by atoms with van der Waals surface area (Å²) in [6, 6.07) is 22.3. The highest BCUT2D eigenvalue weighted by Crippen LogP contribution is 2.19. The maximum Gasteiger partial charge on any atom is 0.182 e. The largest absolute Gasteiger partial charge is 0.213 e. The van der Waals surface area contributed by atoms with Crippen LogP contribution in [0.1, 0.15) is 0 Å². The summed E-state index contributed by atoms with van der Waals surface area (Å²) in [6.07, 6.45) is 0. The molecule has 4 aromatic rings. The summed E-state index contributed by atoms with van der Waals surface area (Å²) in [4.78, 5) is 4.58. The first-order valence-corrected chi connectivity index (χ1v) is 6.22. The second-order valence-corrected chi connectivity index (χ2v) is 4.46. The van der Waals surface area contributed by atoms with E-state index in [4.69, 9.17) is 0 Å². The molecule has 0 N–H and O–H groups in total. The van der Waals surface area contributed by atoms with Crippen molar-refractivity contribution in [2.45, 2.75) is 0 Å². The Morgan fingerprint density at radius 1 is 0.737 bits per heavy atom. The summed E-state index contributed by atoms with van der Waals surface area (Å²) >= 11 is 0. The summed E-state index contributed by atoms with van der Waals surface area (Å²) in [5, 5.41) is 5.78. The van der Waals surface area contributed by atoms with Gasteiger partial charge in [-0.15, -0.1) is 5.10 Å². The molecule has 0 bridgehead atoms. The van der Waals surface area contributed by atoms with Gasteiger partial charge in [-0.1, -0.05) is 48.5 Å². The molecule has 19 heavy (non-hydrogen) atoms. The maximum absolute atomic E-state index is 4.62. The van der Waals surface area contributed by atoms with Crippen LogP contribution in [-0.2, 0) is 0 Å². The molecule has 0 unspecified atom stereocenters. The molecule has 0 aliphatic heterocycles. The number of benzene rings is 2. The van der Waals surface area contributed by atoms with Crippen LogP contribution in [0.4, 0.5) is 0 Å². The van der Waals surface area contributed by atoms with Gasteiger partial charge in [-0.25, -0.2) is 9.50 Å². The highest BCUT2D eigenvalue weighted by Gasteiger charge is 2.07. The van der Waals surface area contributed by atoms with Gasteiger partial charge in [0.15, 0.2) is 11.5 Å². The summed E-state index contributed by atoms with van der Waals surface area (Å²) in [7, 11) is 0. The second-order valence-electron chi connectivity index (χ2n) is 4.46. The molecule has 0 fully saturated rings. The molecule has 0 saturated carbocycles. The van der Waals surface area contributed by atoms with Gasteiger partial charge in [0.25, 0.3) is 0 Å². The number of para-hydroxylation sites is 1. The van der Waals surface area contributed by atoms with Crippen molar-refractivity contribution in [2.24, 2.45) is 0 Å². The number of hydrogen-bond donors (Lipinski definition) is 0. The molecule has 0 aliphatic rings. The highest BCUT2D eigenvalue weighted by molar-refractivity contribution is 5.81. The molecule has 90 valence electrons. The van der Waals surface area contributed by atoms with Gasteiger partial charge >= 0.3 is 0 Å². The Morgan fingerprint density at radius 3 is 2.42 bits per heavy atom. The summed E-state index contributed by atoms with van der Waals surface area (Å²) in [6.45, 7) is 0. The number of hydrogen-bond acceptors (Lipinski definition) is 2. The average Bonchev–Trinajstić information content (AvgIpc) is 2.93. The third-order valence-electron chi connectivity index (χ3n) is 3.24. The minimum absolute atomic E-state index is 0.761. The molecule has 0 aliphatic carbocycles. The molecular formula is C16H11N3. The SMILES string of the molecule is c1ccc(-c2nc3ccc4ccccc4n3n2)cc1. The van der Waals surface area contributed by atoms with E-state index in [0.29, 0.717) is 0 Å². The molecule has 2 aromatic heterocycles. The van der Waals surface area contributed by atoms with Gasteiger partial charge in [0.2, 0.25) is 0 Å². The zero-order valence-corrected chi connectivity index (χ0v) is 10.2. The van der Waals surface area contributed by atoms with Crippen molar-refractivity contribution in [1.29, 1.82) is 0 Å². The Hall–Kier alpha value is -2.68. The highest BCUT2D eigenvalue weighted by atomic mass is 15.3. The second kappa shape index (κ2) is 3.92. The van der Waals surface area contributed by atoms with E-state index in [1.807, 2.05) is 53.0 Å². The molecular weight excluding hydrogens is 234 g/mol. The normalized spacial score (nSPS) is 11.2. The monoisotopic (exact) mass is 245 g/mol. The van der Waals surface area contributed by atoms with Gasteiger partial charge in [0, 0.05) is 10.9 Å². The number of rotatable bonds is 1. The van der Waals surface area contributed by atoms with Crippen LogP contribution in [0.25, 0.3) is 27.9 Å². The van der Waals surface area contributed by atoms with Crippen LogP contribution in [-0.4, -0.2) is 14.6 Å². The lowest BCUT2D eigenvalue weighted by molar-refractivity contribution is 1.01. The van der Waals surface area contributed by atoms with E-state index in [-0.39, 0.29) is 0 Å².